The Morgan fingerprint density at radius 3 is 2.44 bits per heavy atom. The van der Waals surface area contributed by atoms with Crippen molar-refractivity contribution in [3.63, 3.8) is 0 Å². The minimum absolute atomic E-state index is 0.0889. The molecular weight excluding hydrogens is 674 g/mol. The molecule has 3 aromatic carbocycles. The standard InChI is InChI=1S/C36H28F2N10O4/c37-26-12-7-21(20-47-28-5-3-4-27(38)30(28)32(49)43-36(47)52)18-24(26)33(50)46-16-14-45(15-17-46)23-10-8-22(9-11-23)41-35-40-19-25-31(42-35)44-48(34(25)51)29-6-1-2-13-39-29/h1-13,18-19H,14-17,20H2,(H,43,49,52)(H2,40,41,42,44). The van der Waals surface area contributed by atoms with E-state index >= 15 is 0 Å². The molecule has 3 N–H and O–H groups in total. The molecule has 0 radical (unpaired) electrons. The fraction of sp³-hybridized carbons (Fsp3) is 0.139. The molecule has 5 heterocycles. The molecule has 14 nitrogen and oxygen atoms in total. The van der Waals surface area contributed by atoms with Crippen LogP contribution in [0.25, 0.3) is 27.8 Å². The molecule has 1 amide bonds. The van der Waals surface area contributed by atoms with Crippen molar-refractivity contribution >= 4 is 45.2 Å². The van der Waals surface area contributed by atoms with Crippen LogP contribution in [0.15, 0.2) is 106 Å². The lowest BCUT2D eigenvalue weighted by molar-refractivity contribution is 0.0742. The summed E-state index contributed by atoms with van der Waals surface area (Å²) in [5, 5.41) is 6.18. The lowest BCUT2D eigenvalue weighted by atomic mass is 10.1. The Kier molecular flexibility index (Phi) is 8.09. The Labute approximate surface area is 291 Å². The van der Waals surface area contributed by atoms with E-state index < -0.39 is 28.8 Å². The highest BCUT2D eigenvalue weighted by Crippen LogP contribution is 2.23. The molecule has 0 bridgehead atoms. The zero-order valence-corrected chi connectivity index (χ0v) is 27.2. The van der Waals surface area contributed by atoms with Gasteiger partial charge in [-0.05, 0) is 66.2 Å². The van der Waals surface area contributed by atoms with Crippen molar-refractivity contribution in [1.82, 2.24) is 39.2 Å². The minimum Gasteiger partial charge on any atom is -0.368 e. The largest absolute Gasteiger partial charge is 0.368 e. The average Bonchev–Trinajstić information content (AvgIpc) is 3.49. The Balaban J connectivity index is 0.922. The van der Waals surface area contributed by atoms with Crippen LogP contribution >= 0.6 is 0 Å². The number of H-pyrrole nitrogens is 2. The van der Waals surface area contributed by atoms with Crippen LogP contribution in [0.2, 0.25) is 0 Å². The van der Waals surface area contributed by atoms with Crippen LogP contribution in [0.1, 0.15) is 15.9 Å². The second-order valence-corrected chi connectivity index (χ2v) is 12.1. The predicted molar refractivity (Wildman–Crippen MR) is 189 cm³/mol. The molecule has 52 heavy (non-hydrogen) atoms. The van der Waals surface area contributed by atoms with Crippen LogP contribution in [0.5, 0.6) is 0 Å². The van der Waals surface area contributed by atoms with Gasteiger partial charge in [0.25, 0.3) is 17.0 Å². The lowest BCUT2D eigenvalue weighted by Gasteiger charge is -2.36. The van der Waals surface area contributed by atoms with Gasteiger partial charge in [0.1, 0.15) is 17.0 Å². The highest BCUT2D eigenvalue weighted by atomic mass is 19.1. The monoisotopic (exact) mass is 702 g/mol. The van der Waals surface area contributed by atoms with E-state index in [-0.39, 0.29) is 28.6 Å². The van der Waals surface area contributed by atoms with Crippen molar-refractivity contribution in [2.75, 3.05) is 36.4 Å². The number of piperazine rings is 1. The van der Waals surface area contributed by atoms with Crippen LogP contribution in [-0.2, 0) is 6.54 Å². The predicted octanol–water partition coefficient (Wildman–Crippen LogP) is 3.54. The van der Waals surface area contributed by atoms with Crippen molar-refractivity contribution in [2.45, 2.75) is 6.54 Å². The topological polar surface area (TPSA) is 167 Å². The van der Waals surface area contributed by atoms with Gasteiger partial charge < -0.3 is 15.1 Å². The molecule has 7 aromatic rings. The van der Waals surface area contributed by atoms with E-state index in [0.717, 1.165) is 23.5 Å². The van der Waals surface area contributed by atoms with E-state index in [1.54, 1.807) is 29.3 Å². The molecule has 1 fully saturated rings. The van der Waals surface area contributed by atoms with Gasteiger partial charge in [-0.2, -0.15) is 9.67 Å². The van der Waals surface area contributed by atoms with Gasteiger partial charge in [-0.1, -0.05) is 18.2 Å². The molecule has 4 aromatic heterocycles. The molecule has 8 rings (SSSR count). The fourth-order valence-corrected chi connectivity index (χ4v) is 6.30. The Morgan fingerprint density at radius 1 is 0.865 bits per heavy atom. The summed E-state index contributed by atoms with van der Waals surface area (Å²) in [5.41, 5.74) is 0.482. The Bertz CT molecular complexity index is 2660. The molecule has 1 aliphatic rings. The van der Waals surface area contributed by atoms with Crippen LogP contribution in [0, 0.1) is 11.6 Å². The van der Waals surface area contributed by atoms with Crippen LogP contribution in [-0.4, -0.2) is 71.3 Å². The number of hydrogen-bond acceptors (Lipinski definition) is 9. The van der Waals surface area contributed by atoms with Crippen molar-refractivity contribution < 1.29 is 13.6 Å². The molecule has 0 unspecified atom stereocenters. The number of aromatic nitrogens is 7. The SMILES string of the molecule is O=C(c1cc(Cn2c(=O)[nH]c(=O)c3c(F)cccc32)ccc1F)N1CCN(c2ccc(Nc3ncc4c(=O)n(-c5ccccn5)[nH]c4n3)cc2)CC1. The number of pyridine rings is 1. The van der Waals surface area contributed by atoms with Crippen LogP contribution < -0.4 is 27.0 Å². The maximum atomic E-state index is 15.0. The number of carbonyl (C=O) groups is 1. The second kappa shape index (κ2) is 13.1. The van der Waals surface area contributed by atoms with E-state index in [0.29, 0.717) is 54.5 Å². The molecule has 1 saturated heterocycles. The van der Waals surface area contributed by atoms with E-state index in [1.807, 2.05) is 24.3 Å². The maximum Gasteiger partial charge on any atom is 0.329 e. The minimum atomic E-state index is -0.840. The highest BCUT2D eigenvalue weighted by Gasteiger charge is 2.25. The number of nitrogens with one attached hydrogen (secondary N) is 3. The van der Waals surface area contributed by atoms with Crippen LogP contribution in [0.4, 0.5) is 26.1 Å². The third-order valence-corrected chi connectivity index (χ3v) is 8.95. The molecule has 0 saturated carbocycles. The molecule has 260 valence electrons. The first-order valence-electron chi connectivity index (χ1n) is 16.2. The zero-order chi connectivity index (χ0) is 35.9. The maximum absolute atomic E-state index is 15.0. The van der Waals surface area contributed by atoms with Crippen LogP contribution in [0.3, 0.4) is 0 Å². The first-order chi connectivity index (χ1) is 25.2. The zero-order valence-electron chi connectivity index (χ0n) is 27.2. The third-order valence-electron chi connectivity index (χ3n) is 8.95. The number of aromatic amines is 2. The number of benzene rings is 3. The number of nitrogens with zero attached hydrogens (tertiary/aromatic N) is 7. The molecule has 0 atom stereocenters. The number of amides is 1. The number of hydrogen-bond donors (Lipinski definition) is 3. The van der Waals surface area contributed by atoms with E-state index in [9.17, 15) is 28.0 Å². The number of rotatable bonds is 7. The van der Waals surface area contributed by atoms with Gasteiger partial charge >= 0.3 is 5.69 Å². The second-order valence-electron chi connectivity index (χ2n) is 12.1. The van der Waals surface area contributed by atoms with Gasteiger partial charge in [-0.15, -0.1) is 0 Å². The molecule has 16 heteroatoms. The summed E-state index contributed by atoms with van der Waals surface area (Å²) in [6.07, 6.45) is 3.05. The molecule has 0 spiro atoms. The van der Waals surface area contributed by atoms with Gasteiger partial charge in [0.2, 0.25) is 5.95 Å². The number of carbonyl (C=O) groups excluding carboxylic acids is 1. The quantitative estimate of drug-likeness (QED) is 0.225. The fourth-order valence-electron chi connectivity index (χ4n) is 6.30. The van der Waals surface area contributed by atoms with E-state index in [2.05, 4.69) is 35.3 Å². The molecule has 0 aliphatic carbocycles. The Morgan fingerprint density at radius 2 is 1.67 bits per heavy atom. The number of fused-ring (bicyclic) bond motifs is 2. The summed E-state index contributed by atoms with van der Waals surface area (Å²) in [4.78, 5) is 69.9. The summed E-state index contributed by atoms with van der Waals surface area (Å²) < 4.78 is 31.9. The highest BCUT2D eigenvalue weighted by molar-refractivity contribution is 5.95. The van der Waals surface area contributed by atoms with Crippen molar-refractivity contribution in [3.05, 3.63) is 145 Å². The summed E-state index contributed by atoms with van der Waals surface area (Å²) in [7, 11) is 0. The first-order valence-corrected chi connectivity index (χ1v) is 16.2. The van der Waals surface area contributed by atoms with Gasteiger partial charge in [0, 0.05) is 49.9 Å². The summed E-state index contributed by atoms with van der Waals surface area (Å²) in [6.45, 7) is 1.58. The first kappa shape index (κ1) is 32.2. The molecule has 1 aliphatic heterocycles. The van der Waals surface area contributed by atoms with Crippen molar-refractivity contribution in [2.24, 2.45) is 0 Å². The normalized spacial score (nSPS) is 13.2. The summed E-state index contributed by atoms with van der Waals surface area (Å²) in [5.74, 6) is -1.23. The average molecular weight is 703 g/mol. The Hall–Kier alpha value is -6.97. The van der Waals surface area contributed by atoms with Gasteiger partial charge in [0.05, 0.1) is 23.0 Å². The van der Waals surface area contributed by atoms with E-state index in [1.165, 1.54) is 39.7 Å². The summed E-state index contributed by atoms with van der Waals surface area (Å²) in [6, 6.07) is 20.8. The summed E-state index contributed by atoms with van der Waals surface area (Å²) >= 11 is 0. The van der Waals surface area contributed by atoms with Crippen molar-refractivity contribution in [3.8, 4) is 5.82 Å². The lowest BCUT2D eigenvalue weighted by Crippen LogP contribution is -2.49. The van der Waals surface area contributed by atoms with Gasteiger partial charge in [0.15, 0.2) is 11.5 Å². The third kappa shape index (κ3) is 5.95. The van der Waals surface area contributed by atoms with Crippen molar-refractivity contribution in [1.29, 1.82) is 0 Å². The molecular formula is C36H28F2N10O4. The van der Waals surface area contributed by atoms with Gasteiger partial charge in [-0.3, -0.25) is 29.0 Å². The van der Waals surface area contributed by atoms with Gasteiger partial charge in [-0.25, -0.2) is 23.5 Å². The number of anilines is 3. The smallest absolute Gasteiger partial charge is 0.329 e. The van der Waals surface area contributed by atoms with E-state index in [4.69, 9.17) is 0 Å². The number of halogens is 2.